The Bertz CT molecular complexity index is 478. The third-order valence-corrected chi connectivity index (χ3v) is 3.28. The molecule has 21 heavy (non-hydrogen) atoms. The Kier molecular flexibility index (Phi) is 6.78. The van der Waals surface area contributed by atoms with Crippen molar-refractivity contribution in [1.82, 2.24) is 5.32 Å². The van der Waals surface area contributed by atoms with Crippen molar-refractivity contribution < 1.29 is 9.90 Å². The average molecular weight is 314 g/mol. The van der Waals surface area contributed by atoms with Gasteiger partial charge in [0, 0.05) is 25.7 Å². The molecule has 118 valence electrons. The van der Waals surface area contributed by atoms with Gasteiger partial charge < -0.3 is 20.6 Å². The Morgan fingerprint density at radius 1 is 1.38 bits per heavy atom. The molecule has 0 saturated heterocycles. The fourth-order valence-corrected chi connectivity index (χ4v) is 2.27. The minimum Gasteiger partial charge on any atom is -0.393 e. The number of hydrogen-bond acceptors (Lipinski definition) is 3. The number of amides is 2. The number of aliphatic hydroxyl groups excluding tert-OH is 1. The molecular weight excluding hydrogens is 290 g/mol. The summed E-state index contributed by atoms with van der Waals surface area (Å²) in [6, 6.07) is 5.08. The van der Waals surface area contributed by atoms with Gasteiger partial charge in [0.2, 0.25) is 0 Å². The molecule has 2 atom stereocenters. The predicted molar refractivity (Wildman–Crippen MR) is 88.3 cm³/mol. The van der Waals surface area contributed by atoms with E-state index in [4.69, 9.17) is 11.6 Å². The molecule has 0 aliphatic rings. The second-order valence-corrected chi connectivity index (χ2v) is 6.02. The number of halogens is 1. The van der Waals surface area contributed by atoms with E-state index in [1.165, 1.54) is 0 Å². The Labute approximate surface area is 131 Å². The minimum atomic E-state index is -0.363. The van der Waals surface area contributed by atoms with Gasteiger partial charge in [-0.05, 0) is 37.5 Å². The highest BCUT2D eigenvalue weighted by Crippen LogP contribution is 2.27. The first kappa shape index (κ1) is 17.6. The predicted octanol–water partition coefficient (Wildman–Crippen LogP) is 2.93. The summed E-state index contributed by atoms with van der Waals surface area (Å²) in [7, 11) is 3.80. The van der Waals surface area contributed by atoms with Gasteiger partial charge in [0.1, 0.15) is 0 Å². The van der Waals surface area contributed by atoms with Gasteiger partial charge in [0.05, 0.1) is 17.5 Å². The summed E-state index contributed by atoms with van der Waals surface area (Å²) in [4.78, 5) is 13.8. The molecule has 6 heteroatoms. The number of aliphatic hydroxyl groups is 1. The van der Waals surface area contributed by atoms with E-state index in [1.807, 2.05) is 32.0 Å². The molecule has 0 aliphatic carbocycles. The lowest BCUT2D eigenvalue weighted by molar-refractivity contribution is 0.163. The van der Waals surface area contributed by atoms with E-state index in [9.17, 15) is 9.90 Å². The molecule has 0 unspecified atom stereocenters. The number of rotatable bonds is 6. The second kappa shape index (κ2) is 8.10. The van der Waals surface area contributed by atoms with Crippen molar-refractivity contribution >= 4 is 29.0 Å². The molecule has 0 radical (unpaired) electrons. The van der Waals surface area contributed by atoms with Crippen LogP contribution < -0.4 is 15.5 Å². The summed E-state index contributed by atoms with van der Waals surface area (Å²) in [5.74, 6) is 0.212. The van der Waals surface area contributed by atoms with Crippen molar-refractivity contribution in [3.8, 4) is 0 Å². The fourth-order valence-electron chi connectivity index (χ4n) is 2.10. The van der Waals surface area contributed by atoms with Crippen LogP contribution in [0.1, 0.15) is 20.3 Å². The number of benzene rings is 1. The molecule has 1 aromatic rings. The Morgan fingerprint density at radius 2 is 2.05 bits per heavy atom. The first-order chi connectivity index (χ1) is 9.79. The molecular formula is C15H24ClN3O2. The van der Waals surface area contributed by atoms with Gasteiger partial charge in [-0.3, -0.25) is 0 Å². The third kappa shape index (κ3) is 6.23. The van der Waals surface area contributed by atoms with Crippen molar-refractivity contribution in [2.45, 2.75) is 26.4 Å². The topological polar surface area (TPSA) is 64.6 Å². The van der Waals surface area contributed by atoms with Crippen LogP contribution in [0.4, 0.5) is 16.2 Å². The standard InChI is InChI=1S/C15H24ClN3O2/c1-10(7-11(2)20)9-17-15(21)18-13-8-12(16)5-6-14(13)19(3)4/h5-6,8,10-11,20H,7,9H2,1-4H3,(H2,17,18,21)/t10-,11-/m1/s1. The summed E-state index contributed by atoms with van der Waals surface area (Å²) in [6.45, 7) is 4.23. The van der Waals surface area contributed by atoms with Crippen molar-refractivity contribution in [2.75, 3.05) is 30.9 Å². The maximum atomic E-state index is 11.9. The molecule has 0 heterocycles. The number of urea groups is 1. The first-order valence-electron chi connectivity index (χ1n) is 6.99. The number of nitrogens with one attached hydrogen (secondary N) is 2. The summed E-state index contributed by atoms with van der Waals surface area (Å²) in [5.41, 5.74) is 1.54. The molecule has 0 spiro atoms. The van der Waals surface area contributed by atoms with E-state index in [0.717, 1.165) is 5.69 Å². The van der Waals surface area contributed by atoms with Gasteiger partial charge in [-0.2, -0.15) is 0 Å². The quantitative estimate of drug-likeness (QED) is 0.756. The van der Waals surface area contributed by atoms with Crippen LogP contribution in [-0.4, -0.2) is 37.9 Å². The summed E-state index contributed by atoms with van der Waals surface area (Å²) in [6.07, 6.45) is 0.290. The minimum absolute atomic E-state index is 0.212. The smallest absolute Gasteiger partial charge is 0.319 e. The highest BCUT2D eigenvalue weighted by Gasteiger charge is 2.11. The normalized spacial score (nSPS) is 13.4. The molecule has 2 amide bonds. The molecule has 0 saturated carbocycles. The van der Waals surface area contributed by atoms with Gasteiger partial charge in [0.25, 0.3) is 0 Å². The van der Waals surface area contributed by atoms with Gasteiger partial charge in [0.15, 0.2) is 0 Å². The van der Waals surface area contributed by atoms with Gasteiger partial charge in [-0.25, -0.2) is 4.79 Å². The van der Waals surface area contributed by atoms with Crippen molar-refractivity contribution in [2.24, 2.45) is 5.92 Å². The zero-order chi connectivity index (χ0) is 16.0. The number of nitrogens with zero attached hydrogens (tertiary/aromatic N) is 1. The molecule has 0 aliphatic heterocycles. The molecule has 5 nitrogen and oxygen atoms in total. The van der Waals surface area contributed by atoms with E-state index in [-0.39, 0.29) is 18.1 Å². The highest BCUT2D eigenvalue weighted by atomic mass is 35.5. The highest BCUT2D eigenvalue weighted by molar-refractivity contribution is 6.31. The largest absolute Gasteiger partial charge is 0.393 e. The Balaban J connectivity index is 2.60. The summed E-state index contributed by atoms with van der Waals surface area (Å²) < 4.78 is 0. The summed E-state index contributed by atoms with van der Waals surface area (Å²) in [5, 5.41) is 15.5. The van der Waals surface area contributed by atoms with Crippen LogP contribution in [0.5, 0.6) is 0 Å². The molecule has 1 aromatic carbocycles. The SMILES string of the molecule is C[C@@H](CNC(=O)Nc1cc(Cl)ccc1N(C)C)C[C@@H](C)O. The lowest BCUT2D eigenvalue weighted by Crippen LogP contribution is -2.33. The van der Waals surface area contributed by atoms with Crippen LogP contribution in [0.25, 0.3) is 0 Å². The number of hydrogen-bond donors (Lipinski definition) is 3. The summed E-state index contributed by atoms with van der Waals surface area (Å²) >= 11 is 5.97. The monoisotopic (exact) mass is 313 g/mol. The molecule has 0 aromatic heterocycles. The van der Waals surface area contributed by atoms with Gasteiger partial charge >= 0.3 is 6.03 Å². The first-order valence-corrected chi connectivity index (χ1v) is 7.37. The van der Waals surface area contributed by atoms with Gasteiger partial charge in [-0.1, -0.05) is 18.5 Å². The maximum absolute atomic E-state index is 11.9. The van der Waals surface area contributed by atoms with E-state index in [0.29, 0.717) is 23.7 Å². The zero-order valence-corrected chi connectivity index (χ0v) is 13.7. The van der Waals surface area contributed by atoms with E-state index >= 15 is 0 Å². The van der Waals surface area contributed by atoms with Crippen LogP contribution in [0.2, 0.25) is 5.02 Å². The van der Waals surface area contributed by atoms with Gasteiger partial charge in [-0.15, -0.1) is 0 Å². The molecule has 1 rings (SSSR count). The number of carbonyl (C=O) groups excluding carboxylic acids is 1. The molecule has 3 N–H and O–H groups in total. The number of carbonyl (C=O) groups is 1. The second-order valence-electron chi connectivity index (χ2n) is 5.58. The average Bonchev–Trinajstić information content (AvgIpc) is 2.35. The lowest BCUT2D eigenvalue weighted by Gasteiger charge is -2.19. The van der Waals surface area contributed by atoms with Crippen molar-refractivity contribution in [3.05, 3.63) is 23.2 Å². The van der Waals surface area contributed by atoms with E-state index in [1.54, 1.807) is 19.1 Å². The number of anilines is 2. The van der Waals surface area contributed by atoms with Crippen LogP contribution in [0.15, 0.2) is 18.2 Å². The molecule has 0 fully saturated rings. The Hall–Kier alpha value is -1.46. The fraction of sp³-hybridized carbons (Fsp3) is 0.533. The third-order valence-electron chi connectivity index (χ3n) is 3.04. The Morgan fingerprint density at radius 3 is 2.62 bits per heavy atom. The van der Waals surface area contributed by atoms with Crippen LogP contribution in [0, 0.1) is 5.92 Å². The lowest BCUT2D eigenvalue weighted by atomic mass is 10.1. The van der Waals surface area contributed by atoms with Crippen LogP contribution >= 0.6 is 11.6 Å². The molecule has 0 bridgehead atoms. The van der Waals surface area contributed by atoms with E-state index in [2.05, 4.69) is 10.6 Å². The van der Waals surface area contributed by atoms with Crippen LogP contribution in [0.3, 0.4) is 0 Å². The van der Waals surface area contributed by atoms with Crippen molar-refractivity contribution in [3.63, 3.8) is 0 Å². The van der Waals surface area contributed by atoms with E-state index < -0.39 is 0 Å². The maximum Gasteiger partial charge on any atom is 0.319 e. The van der Waals surface area contributed by atoms with Crippen molar-refractivity contribution in [1.29, 1.82) is 0 Å². The zero-order valence-electron chi connectivity index (χ0n) is 13.0. The van der Waals surface area contributed by atoms with Crippen LogP contribution in [-0.2, 0) is 0 Å².